The molecule has 3 heterocycles. The van der Waals surface area contributed by atoms with E-state index >= 15 is 0 Å². The summed E-state index contributed by atoms with van der Waals surface area (Å²) in [6, 6.07) is 11.0. The first-order valence-electron chi connectivity index (χ1n) is 12.0. The van der Waals surface area contributed by atoms with Gasteiger partial charge in [0.25, 0.3) is 0 Å². The van der Waals surface area contributed by atoms with E-state index in [2.05, 4.69) is 34.5 Å². The molecule has 170 valence electrons. The Bertz CT molecular complexity index is 748. The van der Waals surface area contributed by atoms with Crippen LogP contribution in [0.3, 0.4) is 0 Å². The molecule has 3 aliphatic rings. The van der Waals surface area contributed by atoms with Crippen molar-refractivity contribution in [2.45, 2.75) is 64.1 Å². The third-order valence-corrected chi connectivity index (χ3v) is 7.10. The van der Waals surface area contributed by atoms with Gasteiger partial charge < -0.3 is 15.0 Å². The molecule has 0 radical (unpaired) electrons. The van der Waals surface area contributed by atoms with Crippen LogP contribution in [0.5, 0.6) is 0 Å². The Morgan fingerprint density at radius 2 is 1.87 bits per heavy atom. The molecule has 0 bridgehead atoms. The van der Waals surface area contributed by atoms with Crippen molar-refractivity contribution in [3.05, 3.63) is 35.9 Å². The van der Waals surface area contributed by atoms with E-state index in [1.807, 2.05) is 24.8 Å². The van der Waals surface area contributed by atoms with Gasteiger partial charge in [-0.05, 0) is 44.6 Å². The highest BCUT2D eigenvalue weighted by molar-refractivity contribution is 5.77. The quantitative estimate of drug-likeness (QED) is 0.692. The van der Waals surface area contributed by atoms with Crippen LogP contribution in [0.2, 0.25) is 0 Å². The maximum Gasteiger partial charge on any atom is 0.225 e. The fourth-order valence-electron chi connectivity index (χ4n) is 5.67. The number of hydrogen-bond acceptors (Lipinski definition) is 4. The molecule has 3 fully saturated rings. The highest BCUT2D eigenvalue weighted by Gasteiger charge is 2.51. The van der Waals surface area contributed by atoms with Crippen LogP contribution in [0.15, 0.2) is 30.3 Å². The largest absolute Gasteiger partial charge is 0.376 e. The maximum atomic E-state index is 12.8. The van der Waals surface area contributed by atoms with Crippen molar-refractivity contribution < 1.29 is 14.3 Å². The van der Waals surface area contributed by atoms with Crippen molar-refractivity contribution in [2.24, 2.45) is 11.8 Å². The van der Waals surface area contributed by atoms with Crippen LogP contribution >= 0.6 is 0 Å². The first-order chi connectivity index (χ1) is 15.0. The smallest absolute Gasteiger partial charge is 0.225 e. The molecule has 1 aromatic rings. The minimum Gasteiger partial charge on any atom is -0.376 e. The number of amides is 2. The number of hydrogen-bond donors (Lipinski definition) is 1. The highest BCUT2D eigenvalue weighted by Crippen LogP contribution is 2.41. The van der Waals surface area contributed by atoms with Gasteiger partial charge in [-0.15, -0.1) is 0 Å². The Kier molecular flexibility index (Phi) is 7.28. The standard InChI is InChI=1S/C25H37N3O3/c1-18(2)26-23(29)14-20-16-28(13-10-19-8-4-3-5-9-19)21-17-31-22(25(20)21)15-24(30)27-11-6-7-12-27/h3-5,8-9,18,20-22,25H,6-7,10-17H2,1-2H3,(H,26,29)/t20-,21-,22+,25-/m1/s1. The van der Waals surface area contributed by atoms with Gasteiger partial charge in [-0.2, -0.15) is 0 Å². The van der Waals surface area contributed by atoms with E-state index in [1.54, 1.807) is 0 Å². The van der Waals surface area contributed by atoms with E-state index in [9.17, 15) is 9.59 Å². The SMILES string of the molecule is CC(C)NC(=O)C[C@@H]1CN(CCc2ccccc2)[C@@H]2CO[C@@H](CC(=O)N3CCCC3)[C@H]12. The summed E-state index contributed by atoms with van der Waals surface area (Å²) in [5, 5.41) is 3.05. The molecule has 0 aromatic heterocycles. The number of rotatable bonds is 8. The van der Waals surface area contributed by atoms with Crippen LogP contribution in [0.25, 0.3) is 0 Å². The number of ether oxygens (including phenoxy) is 1. The van der Waals surface area contributed by atoms with Gasteiger partial charge in [0, 0.05) is 50.6 Å². The van der Waals surface area contributed by atoms with Crippen molar-refractivity contribution in [3.8, 4) is 0 Å². The fraction of sp³-hybridized carbons (Fsp3) is 0.680. The lowest BCUT2D eigenvalue weighted by Crippen LogP contribution is -2.37. The first-order valence-corrected chi connectivity index (χ1v) is 12.0. The topological polar surface area (TPSA) is 61.9 Å². The molecule has 4 rings (SSSR count). The average Bonchev–Trinajstić information content (AvgIpc) is 3.46. The van der Waals surface area contributed by atoms with Gasteiger partial charge in [0.1, 0.15) is 0 Å². The van der Waals surface area contributed by atoms with Crippen LogP contribution < -0.4 is 5.32 Å². The van der Waals surface area contributed by atoms with E-state index in [-0.39, 0.29) is 35.8 Å². The summed E-state index contributed by atoms with van der Waals surface area (Å²) < 4.78 is 6.20. The van der Waals surface area contributed by atoms with Gasteiger partial charge in [-0.3, -0.25) is 14.5 Å². The predicted molar refractivity (Wildman–Crippen MR) is 121 cm³/mol. The minimum absolute atomic E-state index is 0.0725. The second kappa shape index (κ2) is 10.1. The van der Waals surface area contributed by atoms with Gasteiger partial charge in [0.15, 0.2) is 0 Å². The Morgan fingerprint density at radius 3 is 2.58 bits per heavy atom. The maximum absolute atomic E-state index is 12.8. The van der Waals surface area contributed by atoms with E-state index < -0.39 is 0 Å². The Morgan fingerprint density at radius 1 is 1.13 bits per heavy atom. The molecule has 0 aliphatic carbocycles. The molecule has 3 saturated heterocycles. The zero-order valence-corrected chi connectivity index (χ0v) is 19.0. The number of benzene rings is 1. The van der Waals surface area contributed by atoms with Crippen LogP contribution in [0, 0.1) is 11.8 Å². The monoisotopic (exact) mass is 427 g/mol. The summed E-state index contributed by atoms with van der Waals surface area (Å²) >= 11 is 0. The molecule has 4 atom stereocenters. The van der Waals surface area contributed by atoms with E-state index in [0.29, 0.717) is 25.5 Å². The third kappa shape index (κ3) is 5.47. The number of nitrogens with zero attached hydrogens (tertiary/aromatic N) is 2. The molecule has 0 spiro atoms. The Hall–Kier alpha value is -1.92. The van der Waals surface area contributed by atoms with Crippen molar-refractivity contribution in [3.63, 3.8) is 0 Å². The summed E-state index contributed by atoms with van der Waals surface area (Å²) in [6.45, 7) is 8.29. The lowest BCUT2D eigenvalue weighted by atomic mass is 9.84. The van der Waals surface area contributed by atoms with Gasteiger partial charge in [-0.1, -0.05) is 30.3 Å². The van der Waals surface area contributed by atoms with E-state index in [1.165, 1.54) is 5.56 Å². The molecule has 3 aliphatic heterocycles. The molecule has 0 saturated carbocycles. The van der Waals surface area contributed by atoms with Gasteiger partial charge >= 0.3 is 0 Å². The Balaban J connectivity index is 1.43. The van der Waals surface area contributed by atoms with Crippen LogP contribution in [-0.2, 0) is 20.7 Å². The van der Waals surface area contributed by atoms with Gasteiger partial charge in [0.2, 0.25) is 11.8 Å². The molecule has 6 heteroatoms. The summed E-state index contributed by atoms with van der Waals surface area (Å²) in [5.74, 6) is 0.815. The van der Waals surface area contributed by atoms with E-state index in [4.69, 9.17) is 4.74 Å². The summed E-state index contributed by atoms with van der Waals surface area (Å²) in [5.41, 5.74) is 1.33. The average molecular weight is 428 g/mol. The van der Waals surface area contributed by atoms with Crippen LogP contribution in [-0.4, -0.2) is 72.6 Å². The number of nitrogens with one attached hydrogen (secondary N) is 1. The lowest BCUT2D eigenvalue weighted by Gasteiger charge is -2.25. The molecule has 6 nitrogen and oxygen atoms in total. The fourth-order valence-corrected chi connectivity index (χ4v) is 5.67. The normalized spacial score (nSPS) is 28.3. The van der Waals surface area contributed by atoms with Crippen molar-refractivity contribution in [2.75, 3.05) is 32.8 Å². The molecular weight excluding hydrogens is 390 g/mol. The minimum atomic E-state index is -0.0725. The molecule has 2 amide bonds. The van der Waals surface area contributed by atoms with Crippen LogP contribution in [0.1, 0.15) is 45.1 Å². The first kappa shape index (κ1) is 22.3. The molecule has 31 heavy (non-hydrogen) atoms. The number of likely N-dealkylation sites (tertiary alicyclic amines) is 2. The molecule has 1 aromatic carbocycles. The summed E-state index contributed by atoms with van der Waals surface area (Å²) in [7, 11) is 0. The predicted octanol–water partition coefficient (Wildman–Crippen LogP) is 2.47. The van der Waals surface area contributed by atoms with Crippen LogP contribution in [0.4, 0.5) is 0 Å². The molecule has 1 N–H and O–H groups in total. The second-order valence-electron chi connectivity index (χ2n) is 9.73. The highest BCUT2D eigenvalue weighted by atomic mass is 16.5. The number of fused-ring (bicyclic) bond motifs is 1. The zero-order chi connectivity index (χ0) is 21.8. The van der Waals surface area contributed by atoms with Crippen molar-refractivity contribution in [1.29, 1.82) is 0 Å². The number of carbonyl (C=O) groups is 2. The second-order valence-corrected chi connectivity index (χ2v) is 9.73. The number of carbonyl (C=O) groups excluding carboxylic acids is 2. The Labute approximate surface area is 186 Å². The van der Waals surface area contributed by atoms with Gasteiger partial charge in [-0.25, -0.2) is 0 Å². The van der Waals surface area contributed by atoms with E-state index in [0.717, 1.165) is 45.4 Å². The molecular formula is C25H37N3O3. The molecule has 0 unspecified atom stereocenters. The zero-order valence-electron chi connectivity index (χ0n) is 19.0. The summed E-state index contributed by atoms with van der Waals surface area (Å²) in [6.07, 6.45) is 4.10. The van der Waals surface area contributed by atoms with Gasteiger partial charge in [0.05, 0.1) is 19.1 Å². The lowest BCUT2D eigenvalue weighted by molar-refractivity contribution is -0.133. The van der Waals surface area contributed by atoms with Crippen molar-refractivity contribution in [1.82, 2.24) is 15.1 Å². The summed E-state index contributed by atoms with van der Waals surface area (Å²) in [4.78, 5) is 29.9. The third-order valence-electron chi connectivity index (χ3n) is 7.10. The van der Waals surface area contributed by atoms with Crippen molar-refractivity contribution >= 4 is 11.8 Å².